The molecule has 0 aromatic carbocycles. The molecule has 0 rings (SSSR count). The van der Waals surface area contributed by atoms with Gasteiger partial charge in [-0.15, -0.1) is 0 Å². The zero-order valence-corrected chi connectivity index (χ0v) is 6.04. The van der Waals surface area contributed by atoms with E-state index in [1.165, 1.54) is 0 Å². The van der Waals surface area contributed by atoms with E-state index in [1.807, 2.05) is 0 Å². The number of rotatable bonds is 2. The molecular weight excluding hydrogens is 201 g/mol. The lowest BCUT2D eigenvalue weighted by molar-refractivity contribution is -0.176. The van der Waals surface area contributed by atoms with Gasteiger partial charge in [0.25, 0.3) is 0 Å². The first kappa shape index (κ1) is 9.23. The maximum atomic E-state index is 11.5. The van der Waals surface area contributed by atoms with Crippen molar-refractivity contribution in [1.29, 1.82) is 0 Å². The first-order chi connectivity index (χ1) is 4.02. The highest BCUT2D eigenvalue weighted by molar-refractivity contribution is 9.09. The minimum absolute atomic E-state index is 0.243. The highest BCUT2D eigenvalue weighted by Crippen LogP contribution is 2.26. The fraction of sp³-hybridized carbons (Fsp3) is 1.00. The fourth-order valence-corrected chi connectivity index (χ4v) is 0.812. The van der Waals surface area contributed by atoms with Crippen molar-refractivity contribution in [2.75, 3.05) is 11.9 Å². The number of alkyl halides is 4. The van der Waals surface area contributed by atoms with E-state index in [0.29, 0.717) is 0 Å². The molecule has 0 aromatic heterocycles. The summed E-state index contributed by atoms with van der Waals surface area (Å²) in [4.78, 5) is 0. The Morgan fingerprint density at radius 2 is 1.89 bits per heavy atom. The molecule has 0 aliphatic heterocycles. The second-order valence-electron chi connectivity index (χ2n) is 1.58. The van der Waals surface area contributed by atoms with Crippen molar-refractivity contribution in [2.24, 2.45) is 5.92 Å². The average molecular weight is 207 g/mol. The van der Waals surface area contributed by atoms with Crippen molar-refractivity contribution >= 4 is 15.9 Å². The summed E-state index contributed by atoms with van der Waals surface area (Å²) in [7, 11) is 0. The molecule has 0 bridgehead atoms. The van der Waals surface area contributed by atoms with E-state index < -0.39 is 18.7 Å². The lowest BCUT2D eigenvalue weighted by Gasteiger charge is -2.13. The van der Waals surface area contributed by atoms with E-state index in [1.54, 1.807) is 0 Å². The zero-order chi connectivity index (χ0) is 7.49. The molecule has 0 heterocycles. The van der Waals surface area contributed by atoms with Crippen molar-refractivity contribution in [3.05, 3.63) is 0 Å². The van der Waals surface area contributed by atoms with E-state index in [2.05, 4.69) is 15.9 Å². The summed E-state index contributed by atoms with van der Waals surface area (Å²) in [6.45, 7) is -0.852. The summed E-state index contributed by atoms with van der Waals surface area (Å²) < 4.78 is 34.6. The normalized spacial score (nSPS) is 15.7. The van der Waals surface area contributed by atoms with Crippen LogP contribution in [0.2, 0.25) is 0 Å². The second-order valence-corrected chi connectivity index (χ2v) is 2.22. The van der Waals surface area contributed by atoms with Gasteiger partial charge in [0.2, 0.25) is 0 Å². The molecule has 0 amide bonds. The van der Waals surface area contributed by atoms with Crippen molar-refractivity contribution in [3.8, 4) is 0 Å². The summed E-state index contributed by atoms with van der Waals surface area (Å²) in [5, 5.41) is 7.87. The van der Waals surface area contributed by atoms with Gasteiger partial charge in [0.05, 0.1) is 12.5 Å². The third-order valence-electron chi connectivity index (χ3n) is 0.870. The predicted molar refractivity (Wildman–Crippen MR) is 30.4 cm³/mol. The molecular formula is C4H6BrF3O. The number of halogens is 4. The maximum Gasteiger partial charge on any atom is 0.394 e. The molecule has 0 radical (unpaired) electrons. The van der Waals surface area contributed by atoms with Crippen LogP contribution in [-0.2, 0) is 0 Å². The lowest BCUT2D eigenvalue weighted by Crippen LogP contribution is -2.27. The van der Waals surface area contributed by atoms with Crippen molar-refractivity contribution in [3.63, 3.8) is 0 Å². The zero-order valence-electron chi connectivity index (χ0n) is 4.45. The first-order valence-electron chi connectivity index (χ1n) is 2.26. The van der Waals surface area contributed by atoms with Gasteiger partial charge < -0.3 is 5.11 Å². The monoisotopic (exact) mass is 206 g/mol. The minimum atomic E-state index is -4.28. The van der Waals surface area contributed by atoms with Gasteiger partial charge in [-0.05, 0) is 0 Å². The third kappa shape index (κ3) is 3.05. The highest BCUT2D eigenvalue weighted by atomic mass is 79.9. The molecule has 1 atom stereocenters. The molecule has 0 fully saturated rings. The molecule has 1 nitrogen and oxygen atoms in total. The van der Waals surface area contributed by atoms with Gasteiger partial charge in [0, 0.05) is 5.33 Å². The van der Waals surface area contributed by atoms with Crippen LogP contribution >= 0.6 is 15.9 Å². The smallest absolute Gasteiger partial charge is 0.394 e. The van der Waals surface area contributed by atoms with Gasteiger partial charge >= 0.3 is 6.18 Å². The summed E-state index contributed by atoms with van der Waals surface area (Å²) in [5.41, 5.74) is 0. The number of hydrogen-bond donors (Lipinski definition) is 1. The standard InChI is InChI=1S/C4H6BrF3O/c5-1-3(2-9)4(6,7)8/h3,9H,1-2H2. The molecule has 9 heavy (non-hydrogen) atoms. The largest absolute Gasteiger partial charge is 0.396 e. The van der Waals surface area contributed by atoms with E-state index in [4.69, 9.17) is 5.11 Å². The Balaban J connectivity index is 3.79. The Kier molecular flexibility index (Phi) is 3.50. The molecule has 0 spiro atoms. The summed E-state index contributed by atoms with van der Waals surface area (Å²) >= 11 is 2.63. The molecule has 0 aliphatic carbocycles. The van der Waals surface area contributed by atoms with Crippen LogP contribution in [0.25, 0.3) is 0 Å². The third-order valence-corrected chi connectivity index (χ3v) is 1.65. The van der Waals surface area contributed by atoms with E-state index in [0.717, 1.165) is 0 Å². The van der Waals surface area contributed by atoms with Crippen LogP contribution in [0.4, 0.5) is 13.2 Å². The Labute approximate surface area is 59.0 Å². The summed E-state index contributed by atoms with van der Waals surface area (Å²) in [6, 6.07) is 0. The minimum Gasteiger partial charge on any atom is -0.396 e. The van der Waals surface area contributed by atoms with Crippen LogP contribution in [0, 0.1) is 5.92 Å². The Bertz CT molecular complexity index is 78.4. The summed E-state index contributed by atoms with van der Waals surface area (Å²) in [6.07, 6.45) is -4.28. The molecule has 5 heteroatoms. The van der Waals surface area contributed by atoms with E-state index >= 15 is 0 Å². The van der Waals surface area contributed by atoms with Crippen molar-refractivity contribution in [1.82, 2.24) is 0 Å². The van der Waals surface area contributed by atoms with E-state index in [-0.39, 0.29) is 5.33 Å². The quantitative estimate of drug-likeness (QED) is 0.681. The molecule has 1 N–H and O–H groups in total. The second kappa shape index (κ2) is 3.41. The molecule has 0 saturated carbocycles. The van der Waals surface area contributed by atoms with Gasteiger partial charge in [0.15, 0.2) is 0 Å². The van der Waals surface area contributed by atoms with Crippen molar-refractivity contribution in [2.45, 2.75) is 6.18 Å². The van der Waals surface area contributed by atoms with E-state index in [9.17, 15) is 13.2 Å². The fourth-order valence-electron chi connectivity index (χ4n) is 0.240. The molecule has 1 unspecified atom stereocenters. The van der Waals surface area contributed by atoms with Crippen LogP contribution in [0.1, 0.15) is 0 Å². The van der Waals surface area contributed by atoms with Gasteiger partial charge in [-0.2, -0.15) is 13.2 Å². The number of aliphatic hydroxyl groups excluding tert-OH is 1. The number of hydrogen-bond acceptors (Lipinski definition) is 1. The topological polar surface area (TPSA) is 20.2 Å². The van der Waals surface area contributed by atoms with Crippen LogP contribution < -0.4 is 0 Å². The van der Waals surface area contributed by atoms with Gasteiger partial charge in [-0.1, -0.05) is 15.9 Å². The van der Waals surface area contributed by atoms with Gasteiger partial charge in [-0.3, -0.25) is 0 Å². The molecule has 56 valence electrons. The van der Waals surface area contributed by atoms with Crippen LogP contribution in [0.3, 0.4) is 0 Å². The average Bonchev–Trinajstić information content (AvgIpc) is 1.65. The number of aliphatic hydroxyl groups is 1. The predicted octanol–water partition coefficient (Wildman–Crippen LogP) is 1.55. The Hall–Kier alpha value is 0.230. The SMILES string of the molecule is OCC(CBr)C(F)(F)F. The Morgan fingerprint density at radius 3 is 1.89 bits per heavy atom. The lowest BCUT2D eigenvalue weighted by atomic mass is 10.2. The van der Waals surface area contributed by atoms with Crippen LogP contribution in [-0.4, -0.2) is 23.2 Å². The maximum absolute atomic E-state index is 11.5. The highest BCUT2D eigenvalue weighted by Gasteiger charge is 2.37. The molecule has 0 aromatic rings. The van der Waals surface area contributed by atoms with Gasteiger partial charge in [-0.25, -0.2) is 0 Å². The first-order valence-corrected chi connectivity index (χ1v) is 3.38. The van der Waals surface area contributed by atoms with Crippen molar-refractivity contribution < 1.29 is 18.3 Å². The Morgan fingerprint density at radius 1 is 1.44 bits per heavy atom. The van der Waals surface area contributed by atoms with Crippen LogP contribution in [0.15, 0.2) is 0 Å². The molecule has 0 saturated heterocycles. The van der Waals surface area contributed by atoms with Crippen LogP contribution in [0.5, 0.6) is 0 Å². The van der Waals surface area contributed by atoms with Gasteiger partial charge in [0.1, 0.15) is 0 Å². The molecule has 0 aliphatic rings. The summed E-state index contributed by atoms with van der Waals surface area (Å²) in [5.74, 6) is -1.63.